The summed E-state index contributed by atoms with van der Waals surface area (Å²) in [6, 6.07) is 12.7. The summed E-state index contributed by atoms with van der Waals surface area (Å²) in [6.07, 6.45) is -2.85. The van der Waals surface area contributed by atoms with Crippen LogP contribution in [0, 0.1) is 0 Å². The van der Waals surface area contributed by atoms with Gasteiger partial charge in [0.25, 0.3) is 0 Å². The Morgan fingerprint density at radius 1 is 1.19 bits per heavy atom. The molecule has 0 aliphatic carbocycles. The zero-order valence-electron chi connectivity index (χ0n) is 16.9. The van der Waals surface area contributed by atoms with E-state index in [-0.39, 0.29) is 18.0 Å². The number of rotatable bonds is 7. The van der Waals surface area contributed by atoms with Crippen LogP contribution in [-0.2, 0) is 17.4 Å². The molecule has 0 saturated heterocycles. The number of hydrogen-bond acceptors (Lipinski definition) is 5. The van der Waals surface area contributed by atoms with Gasteiger partial charge in [-0.25, -0.2) is 10.4 Å². The molecule has 0 radical (unpaired) electrons. The largest absolute Gasteiger partial charge is 0.416 e. The highest BCUT2D eigenvalue weighted by molar-refractivity contribution is 7.13. The SMILES string of the molecule is CC(C)c1ccc(/C=N\NC(=O)Cc2csc(Nc3cccc(C(F)(F)F)c3)n2)cc1. The number of thiazole rings is 1. The van der Waals surface area contributed by atoms with E-state index in [1.807, 2.05) is 24.3 Å². The molecule has 1 aromatic heterocycles. The quantitative estimate of drug-likeness (QED) is 0.360. The average Bonchev–Trinajstić information content (AvgIpc) is 3.14. The van der Waals surface area contributed by atoms with Crippen molar-refractivity contribution in [2.45, 2.75) is 32.4 Å². The molecular formula is C22H21F3N4OS. The maximum Gasteiger partial charge on any atom is 0.416 e. The second-order valence-corrected chi connectivity index (χ2v) is 8.00. The van der Waals surface area contributed by atoms with Crippen LogP contribution in [0.5, 0.6) is 0 Å². The van der Waals surface area contributed by atoms with Crippen molar-refractivity contribution in [2.24, 2.45) is 5.10 Å². The lowest BCUT2D eigenvalue weighted by atomic mass is 10.0. The zero-order chi connectivity index (χ0) is 22.4. The number of carbonyl (C=O) groups is 1. The number of alkyl halides is 3. The highest BCUT2D eigenvalue weighted by atomic mass is 32.1. The van der Waals surface area contributed by atoms with Gasteiger partial charge in [0.15, 0.2) is 5.13 Å². The van der Waals surface area contributed by atoms with Gasteiger partial charge in [0.1, 0.15) is 0 Å². The maximum absolute atomic E-state index is 12.8. The van der Waals surface area contributed by atoms with Gasteiger partial charge < -0.3 is 5.32 Å². The number of amides is 1. The Morgan fingerprint density at radius 3 is 2.61 bits per heavy atom. The van der Waals surface area contributed by atoms with Crippen molar-refractivity contribution in [2.75, 3.05) is 5.32 Å². The monoisotopic (exact) mass is 446 g/mol. The van der Waals surface area contributed by atoms with E-state index >= 15 is 0 Å². The molecule has 3 rings (SSSR count). The van der Waals surface area contributed by atoms with Crippen molar-refractivity contribution in [3.63, 3.8) is 0 Å². The summed E-state index contributed by atoms with van der Waals surface area (Å²) < 4.78 is 38.5. The van der Waals surface area contributed by atoms with Crippen LogP contribution in [-0.4, -0.2) is 17.1 Å². The minimum Gasteiger partial charge on any atom is -0.332 e. The lowest BCUT2D eigenvalue weighted by Gasteiger charge is -2.08. The highest BCUT2D eigenvalue weighted by Crippen LogP contribution is 2.31. The first-order valence-electron chi connectivity index (χ1n) is 9.51. The van der Waals surface area contributed by atoms with E-state index in [1.54, 1.807) is 11.6 Å². The van der Waals surface area contributed by atoms with E-state index in [2.05, 4.69) is 34.7 Å². The van der Waals surface area contributed by atoms with Crippen LogP contribution < -0.4 is 10.7 Å². The van der Waals surface area contributed by atoms with Gasteiger partial charge in [-0.15, -0.1) is 11.3 Å². The number of benzene rings is 2. The Balaban J connectivity index is 1.53. The van der Waals surface area contributed by atoms with Crippen molar-refractivity contribution in [3.8, 4) is 0 Å². The number of hydrazone groups is 1. The van der Waals surface area contributed by atoms with E-state index in [4.69, 9.17) is 0 Å². The van der Waals surface area contributed by atoms with Gasteiger partial charge in [0, 0.05) is 11.1 Å². The summed E-state index contributed by atoms with van der Waals surface area (Å²) in [6.45, 7) is 4.23. The van der Waals surface area contributed by atoms with E-state index in [1.165, 1.54) is 29.0 Å². The summed E-state index contributed by atoms with van der Waals surface area (Å²) in [7, 11) is 0. The van der Waals surface area contributed by atoms with Crippen molar-refractivity contribution in [1.82, 2.24) is 10.4 Å². The van der Waals surface area contributed by atoms with Crippen molar-refractivity contribution in [1.29, 1.82) is 0 Å². The fraction of sp³-hybridized carbons (Fsp3) is 0.227. The third kappa shape index (κ3) is 6.65. The van der Waals surface area contributed by atoms with E-state index < -0.39 is 11.7 Å². The van der Waals surface area contributed by atoms with Gasteiger partial charge in [-0.1, -0.05) is 44.2 Å². The van der Waals surface area contributed by atoms with E-state index in [0.29, 0.717) is 16.7 Å². The number of carbonyl (C=O) groups excluding carboxylic acids is 1. The minimum atomic E-state index is -4.42. The molecule has 31 heavy (non-hydrogen) atoms. The third-order valence-corrected chi connectivity index (χ3v) is 5.15. The van der Waals surface area contributed by atoms with Crippen LogP contribution in [0.25, 0.3) is 0 Å². The number of aromatic nitrogens is 1. The first-order chi connectivity index (χ1) is 14.7. The third-order valence-electron chi connectivity index (χ3n) is 4.34. The Hall–Kier alpha value is -3.20. The van der Waals surface area contributed by atoms with Gasteiger partial charge in [0.2, 0.25) is 5.91 Å². The molecule has 0 aliphatic heterocycles. The number of anilines is 2. The van der Waals surface area contributed by atoms with E-state index in [9.17, 15) is 18.0 Å². The fourth-order valence-corrected chi connectivity index (χ4v) is 3.42. The molecule has 2 aromatic carbocycles. The maximum atomic E-state index is 12.8. The summed E-state index contributed by atoms with van der Waals surface area (Å²) >= 11 is 1.20. The van der Waals surface area contributed by atoms with Crippen LogP contribution in [0.4, 0.5) is 24.0 Å². The first-order valence-corrected chi connectivity index (χ1v) is 10.4. The van der Waals surface area contributed by atoms with Crippen LogP contribution in [0.15, 0.2) is 59.0 Å². The molecule has 9 heteroatoms. The zero-order valence-corrected chi connectivity index (χ0v) is 17.7. The second-order valence-electron chi connectivity index (χ2n) is 7.14. The number of nitrogens with one attached hydrogen (secondary N) is 2. The highest BCUT2D eigenvalue weighted by Gasteiger charge is 2.30. The van der Waals surface area contributed by atoms with E-state index in [0.717, 1.165) is 17.7 Å². The predicted octanol–water partition coefficient (Wildman–Crippen LogP) is 5.72. The molecule has 0 spiro atoms. The molecule has 1 heterocycles. The smallest absolute Gasteiger partial charge is 0.332 e. The lowest BCUT2D eigenvalue weighted by molar-refractivity contribution is -0.137. The molecule has 0 bridgehead atoms. The molecule has 0 atom stereocenters. The topological polar surface area (TPSA) is 66.4 Å². The standard InChI is InChI=1S/C22H21F3N4OS/c1-14(2)16-8-6-15(7-9-16)12-26-29-20(30)11-19-13-31-21(28-19)27-18-5-3-4-17(10-18)22(23,24)25/h3-10,12-14H,11H2,1-2H3,(H,27,28)(H,29,30)/b26-12-. The molecule has 0 saturated carbocycles. The number of halogens is 3. The lowest BCUT2D eigenvalue weighted by Crippen LogP contribution is -2.19. The Labute approximate surface area is 182 Å². The summed E-state index contributed by atoms with van der Waals surface area (Å²) in [5.74, 6) is 0.0998. The second kappa shape index (κ2) is 9.74. The summed E-state index contributed by atoms with van der Waals surface area (Å²) in [4.78, 5) is 16.3. The normalized spacial score (nSPS) is 11.8. The van der Waals surface area contributed by atoms with Crippen molar-refractivity contribution >= 4 is 34.3 Å². The molecule has 162 valence electrons. The molecule has 5 nitrogen and oxygen atoms in total. The van der Waals surface area contributed by atoms with Gasteiger partial charge in [0.05, 0.1) is 23.9 Å². The summed E-state index contributed by atoms with van der Waals surface area (Å²) in [5.41, 5.74) is 4.56. The molecule has 3 aromatic rings. The van der Waals surface area contributed by atoms with Crippen molar-refractivity contribution < 1.29 is 18.0 Å². The number of hydrogen-bond donors (Lipinski definition) is 2. The van der Waals surface area contributed by atoms with Gasteiger partial charge in [-0.2, -0.15) is 18.3 Å². The molecule has 1 amide bonds. The predicted molar refractivity (Wildman–Crippen MR) is 117 cm³/mol. The van der Waals surface area contributed by atoms with Gasteiger partial charge in [-0.3, -0.25) is 4.79 Å². The molecular weight excluding hydrogens is 425 g/mol. The first kappa shape index (κ1) is 22.5. The van der Waals surface area contributed by atoms with Crippen LogP contribution in [0.1, 0.15) is 42.1 Å². The summed E-state index contributed by atoms with van der Waals surface area (Å²) in [5, 5.41) is 8.85. The Bertz CT molecular complexity index is 1060. The minimum absolute atomic E-state index is 0.00436. The molecule has 0 unspecified atom stereocenters. The molecule has 0 fully saturated rings. The van der Waals surface area contributed by atoms with Crippen LogP contribution in [0.2, 0.25) is 0 Å². The fourth-order valence-electron chi connectivity index (χ4n) is 2.69. The Kier molecular flexibility index (Phi) is 7.06. The molecule has 2 N–H and O–H groups in total. The van der Waals surface area contributed by atoms with Gasteiger partial charge in [-0.05, 0) is 35.2 Å². The Morgan fingerprint density at radius 2 is 1.94 bits per heavy atom. The number of nitrogens with zero attached hydrogens (tertiary/aromatic N) is 2. The van der Waals surface area contributed by atoms with Crippen molar-refractivity contribution in [3.05, 3.63) is 76.3 Å². The average molecular weight is 446 g/mol. The molecule has 0 aliphatic rings. The van der Waals surface area contributed by atoms with Crippen LogP contribution in [0.3, 0.4) is 0 Å². The van der Waals surface area contributed by atoms with Crippen LogP contribution >= 0.6 is 11.3 Å². The van der Waals surface area contributed by atoms with Gasteiger partial charge >= 0.3 is 6.18 Å².